The van der Waals surface area contributed by atoms with Gasteiger partial charge in [0.1, 0.15) is 0 Å². The highest BCUT2D eigenvalue weighted by Crippen LogP contribution is 2.50. The first-order valence-corrected chi connectivity index (χ1v) is 6.74. The summed E-state index contributed by atoms with van der Waals surface area (Å²) in [5.41, 5.74) is 2.08. The maximum Gasteiger partial charge on any atom is 0.0692 e. The van der Waals surface area contributed by atoms with Gasteiger partial charge in [0.2, 0.25) is 0 Å². The topological polar surface area (TPSA) is 9.23 Å². The van der Waals surface area contributed by atoms with Crippen LogP contribution in [0.1, 0.15) is 59.8 Å². The van der Waals surface area contributed by atoms with E-state index in [0.29, 0.717) is 5.41 Å². The van der Waals surface area contributed by atoms with Crippen LogP contribution in [0, 0.1) is 11.3 Å². The smallest absolute Gasteiger partial charge is 0.0692 e. The fourth-order valence-electron chi connectivity index (χ4n) is 3.79. The Kier molecular flexibility index (Phi) is 3.18. The van der Waals surface area contributed by atoms with Gasteiger partial charge in [-0.2, -0.15) is 0 Å². The lowest BCUT2D eigenvalue weighted by Crippen LogP contribution is -2.49. The Morgan fingerprint density at radius 1 is 1.25 bits per heavy atom. The van der Waals surface area contributed by atoms with Crippen LogP contribution < -0.4 is 0 Å². The molecule has 0 aromatic heterocycles. The normalized spacial score (nSPS) is 42.5. The second-order valence-electron chi connectivity index (χ2n) is 6.61. The van der Waals surface area contributed by atoms with Gasteiger partial charge in [0, 0.05) is 0 Å². The number of allylic oxidation sites excluding steroid dienone is 1. The van der Waals surface area contributed by atoms with Crippen LogP contribution in [0.25, 0.3) is 0 Å². The van der Waals surface area contributed by atoms with E-state index in [1.807, 2.05) is 0 Å². The van der Waals surface area contributed by atoms with E-state index in [-0.39, 0.29) is 5.60 Å². The zero-order chi connectivity index (χ0) is 11.8. The van der Waals surface area contributed by atoms with Crippen molar-refractivity contribution in [1.29, 1.82) is 0 Å². The van der Waals surface area contributed by atoms with Crippen molar-refractivity contribution < 1.29 is 4.74 Å². The van der Waals surface area contributed by atoms with Crippen LogP contribution in [-0.2, 0) is 4.74 Å². The van der Waals surface area contributed by atoms with Gasteiger partial charge in [-0.25, -0.2) is 0 Å². The van der Waals surface area contributed by atoms with Crippen LogP contribution in [0.15, 0.2) is 11.6 Å². The fourth-order valence-corrected chi connectivity index (χ4v) is 3.79. The standard InChI is InChI=1S/C15H26O/c1-12-6-7-13-14(2,3)9-5-10-15(13,4)16-11-8-12/h8,13H,5-7,9-11H2,1-4H3/b12-8-/t13-,15-/m0/s1. The van der Waals surface area contributed by atoms with Gasteiger partial charge < -0.3 is 4.74 Å². The first kappa shape index (κ1) is 12.2. The van der Waals surface area contributed by atoms with Crippen molar-refractivity contribution in [3.63, 3.8) is 0 Å². The average molecular weight is 222 g/mol. The molecule has 0 amide bonds. The summed E-state index contributed by atoms with van der Waals surface area (Å²) in [6, 6.07) is 0. The molecule has 1 aliphatic heterocycles. The van der Waals surface area contributed by atoms with E-state index in [1.165, 1.54) is 37.7 Å². The molecule has 0 radical (unpaired) electrons. The van der Waals surface area contributed by atoms with Crippen LogP contribution in [-0.4, -0.2) is 12.2 Å². The summed E-state index contributed by atoms with van der Waals surface area (Å²) >= 11 is 0. The molecule has 1 heteroatoms. The van der Waals surface area contributed by atoms with E-state index >= 15 is 0 Å². The maximum absolute atomic E-state index is 6.20. The molecule has 0 bridgehead atoms. The lowest BCUT2D eigenvalue weighted by Gasteiger charge is -2.51. The molecule has 2 atom stereocenters. The van der Waals surface area contributed by atoms with Crippen molar-refractivity contribution in [2.24, 2.45) is 11.3 Å². The third-order valence-corrected chi connectivity index (χ3v) is 4.85. The number of fused-ring (bicyclic) bond motifs is 1. The molecule has 0 unspecified atom stereocenters. The Morgan fingerprint density at radius 3 is 2.75 bits per heavy atom. The molecule has 2 rings (SSSR count). The van der Waals surface area contributed by atoms with E-state index in [4.69, 9.17) is 4.74 Å². The van der Waals surface area contributed by atoms with Gasteiger partial charge in [-0.3, -0.25) is 0 Å². The molecule has 2 aliphatic rings. The van der Waals surface area contributed by atoms with Crippen LogP contribution in [0.4, 0.5) is 0 Å². The molecule has 1 heterocycles. The van der Waals surface area contributed by atoms with Crippen molar-refractivity contribution in [1.82, 2.24) is 0 Å². The van der Waals surface area contributed by atoms with Gasteiger partial charge in [0.05, 0.1) is 12.2 Å². The molecule has 92 valence electrons. The van der Waals surface area contributed by atoms with E-state index < -0.39 is 0 Å². The molecule has 0 N–H and O–H groups in total. The summed E-state index contributed by atoms with van der Waals surface area (Å²) in [7, 11) is 0. The first-order valence-electron chi connectivity index (χ1n) is 6.74. The molecular weight excluding hydrogens is 196 g/mol. The number of ether oxygens (including phenoxy) is 1. The fraction of sp³-hybridized carbons (Fsp3) is 0.867. The van der Waals surface area contributed by atoms with Crippen molar-refractivity contribution >= 4 is 0 Å². The minimum atomic E-state index is 0.124. The molecular formula is C15H26O. The lowest BCUT2D eigenvalue weighted by atomic mass is 9.60. The van der Waals surface area contributed by atoms with E-state index in [1.54, 1.807) is 0 Å². The quantitative estimate of drug-likeness (QED) is 0.554. The third-order valence-electron chi connectivity index (χ3n) is 4.85. The summed E-state index contributed by atoms with van der Waals surface area (Å²) in [5.74, 6) is 0.720. The van der Waals surface area contributed by atoms with E-state index in [0.717, 1.165) is 12.5 Å². The predicted molar refractivity (Wildman–Crippen MR) is 68.5 cm³/mol. The van der Waals surface area contributed by atoms with Gasteiger partial charge in [-0.05, 0) is 50.9 Å². The second-order valence-corrected chi connectivity index (χ2v) is 6.61. The Morgan fingerprint density at radius 2 is 2.00 bits per heavy atom. The lowest BCUT2D eigenvalue weighted by molar-refractivity contribution is -0.131. The van der Waals surface area contributed by atoms with Crippen molar-refractivity contribution in [2.45, 2.75) is 65.4 Å². The highest BCUT2D eigenvalue weighted by atomic mass is 16.5. The maximum atomic E-state index is 6.20. The van der Waals surface area contributed by atoms with E-state index in [9.17, 15) is 0 Å². The van der Waals surface area contributed by atoms with Crippen molar-refractivity contribution in [3.8, 4) is 0 Å². The number of hydrogen-bond donors (Lipinski definition) is 0. The molecule has 0 aromatic carbocycles. The summed E-state index contributed by atoms with van der Waals surface area (Å²) in [6.45, 7) is 10.3. The van der Waals surface area contributed by atoms with Gasteiger partial charge in [0.25, 0.3) is 0 Å². The molecule has 1 saturated carbocycles. The Balaban J connectivity index is 2.24. The monoisotopic (exact) mass is 222 g/mol. The minimum Gasteiger partial charge on any atom is -0.371 e. The van der Waals surface area contributed by atoms with Crippen molar-refractivity contribution in [2.75, 3.05) is 6.61 Å². The molecule has 1 aliphatic carbocycles. The van der Waals surface area contributed by atoms with Crippen LogP contribution in [0.2, 0.25) is 0 Å². The molecule has 0 aromatic rings. The highest BCUT2D eigenvalue weighted by Gasteiger charge is 2.47. The molecule has 1 fully saturated rings. The van der Waals surface area contributed by atoms with Gasteiger partial charge in [-0.15, -0.1) is 0 Å². The third kappa shape index (κ3) is 2.20. The zero-order valence-corrected chi connectivity index (χ0v) is 11.3. The van der Waals surface area contributed by atoms with Gasteiger partial charge in [-0.1, -0.05) is 31.9 Å². The summed E-state index contributed by atoms with van der Waals surface area (Å²) in [4.78, 5) is 0. The Hall–Kier alpha value is -0.300. The summed E-state index contributed by atoms with van der Waals surface area (Å²) < 4.78 is 6.20. The van der Waals surface area contributed by atoms with Crippen molar-refractivity contribution in [3.05, 3.63) is 11.6 Å². The molecule has 0 spiro atoms. The van der Waals surface area contributed by atoms with Crippen LogP contribution in [0.5, 0.6) is 0 Å². The zero-order valence-electron chi connectivity index (χ0n) is 11.3. The summed E-state index contributed by atoms with van der Waals surface area (Å²) in [6.07, 6.45) is 8.75. The molecule has 16 heavy (non-hydrogen) atoms. The highest BCUT2D eigenvalue weighted by molar-refractivity contribution is 5.05. The SMILES string of the molecule is C/C1=C/CO[C@@]2(C)CCCC(C)(C)[C@@H]2CC1. The summed E-state index contributed by atoms with van der Waals surface area (Å²) in [5, 5.41) is 0. The Labute approximate surface area is 100 Å². The van der Waals surface area contributed by atoms with Gasteiger partial charge >= 0.3 is 0 Å². The minimum absolute atomic E-state index is 0.124. The Bertz CT molecular complexity index is 290. The average Bonchev–Trinajstić information content (AvgIpc) is 2.13. The van der Waals surface area contributed by atoms with Gasteiger partial charge in [0.15, 0.2) is 0 Å². The predicted octanol–water partition coefficient (Wildman–Crippen LogP) is 4.33. The molecule has 1 nitrogen and oxygen atoms in total. The molecule has 0 saturated heterocycles. The first-order chi connectivity index (χ1) is 7.44. The van der Waals surface area contributed by atoms with E-state index in [2.05, 4.69) is 33.8 Å². The van der Waals surface area contributed by atoms with Crippen LogP contribution >= 0.6 is 0 Å². The number of rotatable bonds is 0. The second kappa shape index (κ2) is 4.18. The number of hydrogen-bond acceptors (Lipinski definition) is 1. The van der Waals surface area contributed by atoms with Crippen LogP contribution in [0.3, 0.4) is 0 Å². The largest absolute Gasteiger partial charge is 0.371 e.